The van der Waals surface area contributed by atoms with Gasteiger partial charge in [-0.15, -0.1) is 11.3 Å². The fourth-order valence-corrected chi connectivity index (χ4v) is 14.1. The number of rotatable bonds is 6. The van der Waals surface area contributed by atoms with Crippen molar-refractivity contribution in [3.8, 4) is 28.3 Å². The topological polar surface area (TPSA) is 34.2 Å². The number of hydrogen-bond acceptors (Lipinski definition) is 4. The highest BCUT2D eigenvalue weighted by Crippen LogP contribution is 2.58. The molecule has 0 radical (unpaired) electrons. The van der Waals surface area contributed by atoms with Crippen molar-refractivity contribution in [2.45, 2.75) is 0 Å². The Kier molecular flexibility index (Phi) is 9.19. The molecular weight excluding hydrogens is 969 g/mol. The third kappa shape index (κ3) is 6.04. The van der Waals surface area contributed by atoms with Crippen molar-refractivity contribution in [2.24, 2.45) is 0 Å². The van der Waals surface area contributed by atoms with Gasteiger partial charge >= 0.3 is 0 Å². The summed E-state index contributed by atoms with van der Waals surface area (Å²) in [5, 5.41) is 9.53. The number of nitrogens with zero attached hydrogens (tertiary/aromatic N) is 6. The molecule has 6 nitrogen and oxygen atoms in total. The molecule has 5 aromatic heterocycles. The van der Waals surface area contributed by atoms with Crippen LogP contribution in [0.5, 0.6) is 0 Å². The number of para-hydroxylation sites is 11. The van der Waals surface area contributed by atoms with Gasteiger partial charge in [0.1, 0.15) is 11.4 Å². The lowest BCUT2D eigenvalue weighted by Gasteiger charge is -2.41. The predicted octanol–water partition coefficient (Wildman–Crippen LogP) is 19.7. The van der Waals surface area contributed by atoms with Crippen molar-refractivity contribution in [2.75, 3.05) is 9.80 Å². The van der Waals surface area contributed by atoms with Gasteiger partial charge in [-0.05, 0) is 90.5 Å². The normalized spacial score (nSPS) is 12.6. The number of aromatic nitrogens is 4. The standard InChI is InChI=1S/C71H44N6S/c1-2-22-46(23-3-1)73-61-37-17-19-39-63(61)77(64-40-20-18-38-62(64)73)71-69(75-57-33-13-6-26-49(57)50-27-7-14-34-58(50)75)67(45-42-43-54-53-30-10-21-41-65(53)78-66(54)44-45)68(74-55-31-11-4-24-47(55)48-25-5-12-32-56(48)74)70(72-71)76-59-35-15-8-28-51(59)52-29-9-16-36-60(52)76/h1-44H. The first-order valence-electron chi connectivity index (χ1n) is 26.6. The molecule has 0 bridgehead atoms. The second-order valence-electron chi connectivity index (χ2n) is 20.2. The van der Waals surface area contributed by atoms with E-state index in [1.54, 1.807) is 0 Å². The van der Waals surface area contributed by atoms with E-state index in [1.807, 2.05) is 11.3 Å². The van der Waals surface area contributed by atoms with Gasteiger partial charge in [-0.1, -0.05) is 182 Å². The van der Waals surface area contributed by atoms with E-state index < -0.39 is 0 Å². The van der Waals surface area contributed by atoms with Gasteiger partial charge in [-0.2, -0.15) is 0 Å². The van der Waals surface area contributed by atoms with Crippen molar-refractivity contribution in [1.29, 1.82) is 0 Å². The molecule has 11 aromatic carbocycles. The zero-order valence-electron chi connectivity index (χ0n) is 42.0. The van der Waals surface area contributed by atoms with Crippen LogP contribution in [-0.2, 0) is 0 Å². The van der Waals surface area contributed by atoms with Crippen LogP contribution in [0.2, 0.25) is 0 Å². The maximum Gasteiger partial charge on any atom is 0.165 e. The van der Waals surface area contributed by atoms with E-state index in [9.17, 15) is 0 Å². The van der Waals surface area contributed by atoms with Gasteiger partial charge in [0.25, 0.3) is 0 Å². The highest BCUT2D eigenvalue weighted by molar-refractivity contribution is 7.25. The van der Waals surface area contributed by atoms with Crippen LogP contribution in [0.25, 0.3) is 114 Å². The van der Waals surface area contributed by atoms with Crippen molar-refractivity contribution in [1.82, 2.24) is 18.7 Å². The van der Waals surface area contributed by atoms with Crippen LogP contribution in [0.1, 0.15) is 0 Å². The Morgan fingerprint density at radius 1 is 0.269 bits per heavy atom. The monoisotopic (exact) mass is 1010 g/mol. The summed E-state index contributed by atoms with van der Waals surface area (Å²) < 4.78 is 9.98. The molecule has 0 saturated heterocycles. The maximum atomic E-state index is 6.49. The molecule has 17 rings (SSSR count). The molecule has 0 aliphatic carbocycles. The second-order valence-corrected chi connectivity index (χ2v) is 21.3. The summed E-state index contributed by atoms with van der Waals surface area (Å²) in [6.45, 7) is 0. The minimum Gasteiger partial charge on any atom is -0.306 e. The smallest absolute Gasteiger partial charge is 0.165 e. The molecule has 7 heteroatoms. The van der Waals surface area contributed by atoms with Crippen molar-refractivity contribution in [3.63, 3.8) is 0 Å². The summed E-state index contributed by atoms with van der Waals surface area (Å²) in [6.07, 6.45) is 0. The number of thiophene rings is 1. The summed E-state index contributed by atoms with van der Waals surface area (Å²) in [5.41, 5.74) is 15.8. The molecule has 0 unspecified atom stereocenters. The zero-order chi connectivity index (χ0) is 51.0. The van der Waals surface area contributed by atoms with Crippen molar-refractivity contribution in [3.05, 3.63) is 267 Å². The van der Waals surface area contributed by atoms with Gasteiger partial charge in [-0.3, -0.25) is 9.47 Å². The van der Waals surface area contributed by atoms with E-state index in [2.05, 4.69) is 290 Å². The van der Waals surface area contributed by atoms with E-state index in [0.717, 1.165) is 106 Å². The summed E-state index contributed by atoms with van der Waals surface area (Å²) in [5.74, 6) is 1.60. The third-order valence-electron chi connectivity index (χ3n) is 16.1. The summed E-state index contributed by atoms with van der Waals surface area (Å²) in [7, 11) is 0. The average Bonchev–Trinajstić information content (AvgIpc) is 4.15. The number of hydrogen-bond donors (Lipinski definition) is 0. The SMILES string of the molecule is c1ccc(N2c3ccccc3N(c3nc(-n4c5ccccc5c5ccccc54)c(-n4c5ccccc5c5ccccc54)c(-c4ccc5c(c4)sc4ccccc45)c3-n3c4ccccc4c4ccccc43)c3ccccc32)cc1. The molecule has 1 aliphatic heterocycles. The third-order valence-corrected chi connectivity index (χ3v) is 17.3. The Hall–Kier alpha value is -10.2. The molecule has 364 valence electrons. The molecule has 1 aliphatic rings. The first-order valence-corrected chi connectivity index (χ1v) is 27.4. The zero-order valence-corrected chi connectivity index (χ0v) is 42.8. The van der Waals surface area contributed by atoms with Crippen LogP contribution in [-0.4, -0.2) is 18.7 Å². The number of anilines is 6. The lowest BCUT2D eigenvalue weighted by molar-refractivity contribution is 0.992. The van der Waals surface area contributed by atoms with E-state index >= 15 is 0 Å². The largest absolute Gasteiger partial charge is 0.306 e. The van der Waals surface area contributed by atoms with Crippen LogP contribution in [0.15, 0.2) is 267 Å². The Bertz CT molecular complexity index is 4930. The fraction of sp³-hybridized carbons (Fsp3) is 0. The van der Waals surface area contributed by atoms with Gasteiger partial charge in [0.15, 0.2) is 11.6 Å². The first kappa shape index (κ1) is 43.1. The number of benzene rings is 11. The van der Waals surface area contributed by atoms with Gasteiger partial charge in [0.05, 0.1) is 55.8 Å². The summed E-state index contributed by atoms with van der Waals surface area (Å²) in [4.78, 5) is 11.3. The molecule has 0 fully saturated rings. The average molecular weight is 1010 g/mol. The van der Waals surface area contributed by atoms with E-state index in [-0.39, 0.29) is 0 Å². The van der Waals surface area contributed by atoms with Crippen LogP contribution in [0.3, 0.4) is 0 Å². The van der Waals surface area contributed by atoms with Crippen LogP contribution in [0, 0.1) is 0 Å². The molecular formula is C71H44N6S. The second kappa shape index (κ2) is 16.6. The van der Waals surface area contributed by atoms with Crippen molar-refractivity contribution < 1.29 is 0 Å². The van der Waals surface area contributed by atoms with Crippen LogP contribution < -0.4 is 9.80 Å². The Morgan fingerprint density at radius 3 is 1.10 bits per heavy atom. The molecule has 0 spiro atoms. The fourth-order valence-electron chi connectivity index (χ4n) is 12.9. The van der Waals surface area contributed by atoms with E-state index in [4.69, 9.17) is 4.98 Å². The number of pyridine rings is 1. The van der Waals surface area contributed by atoms with Crippen LogP contribution in [0.4, 0.5) is 34.3 Å². The lowest BCUT2D eigenvalue weighted by atomic mass is 9.98. The minimum absolute atomic E-state index is 0.793. The van der Waals surface area contributed by atoms with Gasteiger partial charge < -0.3 is 14.0 Å². The molecule has 0 amide bonds. The molecule has 78 heavy (non-hydrogen) atoms. The van der Waals surface area contributed by atoms with E-state index in [0.29, 0.717) is 0 Å². The molecule has 0 N–H and O–H groups in total. The Labute approximate surface area is 452 Å². The summed E-state index contributed by atoms with van der Waals surface area (Å²) >= 11 is 1.85. The van der Waals surface area contributed by atoms with Gasteiger partial charge in [0, 0.05) is 63.7 Å². The highest BCUT2D eigenvalue weighted by atomic mass is 32.1. The highest BCUT2D eigenvalue weighted by Gasteiger charge is 2.37. The molecule has 0 saturated carbocycles. The van der Waals surface area contributed by atoms with Gasteiger partial charge in [-0.25, -0.2) is 4.98 Å². The quantitative estimate of drug-likeness (QED) is 0.166. The maximum absolute atomic E-state index is 6.49. The minimum atomic E-state index is 0.793. The lowest BCUT2D eigenvalue weighted by Crippen LogP contribution is -2.26. The Morgan fingerprint density at radius 2 is 0.628 bits per heavy atom. The van der Waals surface area contributed by atoms with E-state index in [1.165, 1.54) is 41.7 Å². The molecule has 6 heterocycles. The van der Waals surface area contributed by atoms with Gasteiger partial charge in [0.2, 0.25) is 0 Å². The molecule has 0 atom stereocenters. The predicted molar refractivity (Wildman–Crippen MR) is 329 cm³/mol. The van der Waals surface area contributed by atoms with Crippen molar-refractivity contribution >= 4 is 131 Å². The Balaban J connectivity index is 1.16. The molecule has 16 aromatic rings. The number of fused-ring (bicyclic) bond motifs is 14. The summed E-state index contributed by atoms with van der Waals surface area (Å²) in [6, 6.07) is 97.7. The first-order chi connectivity index (χ1) is 38.8. The van der Waals surface area contributed by atoms with Crippen LogP contribution >= 0.6 is 11.3 Å².